The molecule has 4 heteroatoms. The number of rotatable bonds is 6. The number of nitrogens with zero attached hydrogens (tertiary/aromatic N) is 1. The zero-order valence-corrected chi connectivity index (χ0v) is 11.9. The normalized spacial score (nSPS) is 19.6. The van der Waals surface area contributed by atoms with Crippen molar-refractivity contribution in [2.24, 2.45) is 0 Å². The Balaban J connectivity index is 1.74. The molecule has 1 aromatic rings. The molecule has 1 fully saturated rings. The van der Waals surface area contributed by atoms with Gasteiger partial charge in [-0.25, -0.2) is 0 Å². The first-order chi connectivity index (χ1) is 9.24. The molecule has 0 bridgehead atoms. The molecule has 0 aromatic carbocycles. The van der Waals surface area contributed by atoms with Gasteiger partial charge >= 0.3 is 0 Å². The highest BCUT2D eigenvalue weighted by Crippen LogP contribution is 2.15. The first kappa shape index (κ1) is 14.3. The molecule has 2 heterocycles. The molecule has 1 aliphatic rings. The van der Waals surface area contributed by atoms with Crippen LogP contribution in [0.15, 0.2) is 18.3 Å². The van der Waals surface area contributed by atoms with E-state index in [1.807, 2.05) is 12.1 Å². The Kier molecular flexibility index (Phi) is 5.61. The summed E-state index contributed by atoms with van der Waals surface area (Å²) >= 11 is 0. The number of hydrogen-bond acceptors (Lipinski definition) is 4. The van der Waals surface area contributed by atoms with Gasteiger partial charge < -0.3 is 14.8 Å². The minimum Gasteiger partial charge on any atom is -0.489 e. The minimum absolute atomic E-state index is 0.246. The van der Waals surface area contributed by atoms with Crippen molar-refractivity contribution >= 4 is 0 Å². The van der Waals surface area contributed by atoms with Gasteiger partial charge in [0.25, 0.3) is 0 Å². The Hall–Kier alpha value is -1.13. The predicted molar refractivity (Wildman–Crippen MR) is 75.3 cm³/mol. The lowest BCUT2D eigenvalue weighted by Gasteiger charge is -2.22. The molecule has 1 aromatic heterocycles. The van der Waals surface area contributed by atoms with Crippen molar-refractivity contribution in [3.05, 3.63) is 24.0 Å². The average molecular weight is 264 g/mol. The van der Waals surface area contributed by atoms with Crippen molar-refractivity contribution in [2.75, 3.05) is 13.2 Å². The van der Waals surface area contributed by atoms with Crippen LogP contribution in [0.3, 0.4) is 0 Å². The van der Waals surface area contributed by atoms with Crippen LogP contribution < -0.4 is 10.1 Å². The van der Waals surface area contributed by atoms with Crippen molar-refractivity contribution in [1.82, 2.24) is 10.3 Å². The highest BCUT2D eigenvalue weighted by atomic mass is 16.5. The Morgan fingerprint density at radius 3 is 2.95 bits per heavy atom. The van der Waals surface area contributed by atoms with E-state index in [9.17, 15) is 0 Å². The standard InChI is InChI=1S/C15H24N2O2/c1-12(2)16-9-13-6-7-14(10-17-13)19-11-15-5-3-4-8-18-15/h6-7,10,12,15-16H,3-5,8-9,11H2,1-2H3. The maximum atomic E-state index is 5.72. The van der Waals surface area contributed by atoms with E-state index in [-0.39, 0.29) is 6.10 Å². The summed E-state index contributed by atoms with van der Waals surface area (Å²) in [5.41, 5.74) is 1.04. The molecular weight excluding hydrogens is 240 g/mol. The van der Waals surface area contributed by atoms with Gasteiger partial charge in [0.05, 0.1) is 18.0 Å². The monoisotopic (exact) mass is 264 g/mol. The van der Waals surface area contributed by atoms with E-state index >= 15 is 0 Å². The van der Waals surface area contributed by atoms with Crippen molar-refractivity contribution in [2.45, 2.75) is 51.8 Å². The van der Waals surface area contributed by atoms with Crippen molar-refractivity contribution in [3.8, 4) is 5.75 Å². The van der Waals surface area contributed by atoms with E-state index in [0.717, 1.165) is 31.0 Å². The summed E-state index contributed by atoms with van der Waals surface area (Å²) in [6, 6.07) is 4.46. The van der Waals surface area contributed by atoms with Gasteiger partial charge in [0.1, 0.15) is 12.4 Å². The summed E-state index contributed by atoms with van der Waals surface area (Å²) in [7, 11) is 0. The van der Waals surface area contributed by atoms with Crippen LogP contribution in [0.1, 0.15) is 38.8 Å². The summed E-state index contributed by atoms with van der Waals surface area (Å²) in [5.74, 6) is 0.822. The van der Waals surface area contributed by atoms with Crippen LogP contribution >= 0.6 is 0 Å². The third-order valence-electron chi connectivity index (χ3n) is 3.20. The van der Waals surface area contributed by atoms with Gasteiger partial charge in [-0.1, -0.05) is 13.8 Å². The van der Waals surface area contributed by atoms with Gasteiger partial charge in [-0.15, -0.1) is 0 Å². The number of nitrogens with one attached hydrogen (secondary N) is 1. The highest BCUT2D eigenvalue weighted by molar-refractivity contribution is 5.19. The summed E-state index contributed by atoms with van der Waals surface area (Å²) in [4.78, 5) is 4.39. The molecule has 4 nitrogen and oxygen atoms in total. The molecule has 1 aliphatic heterocycles. The fraction of sp³-hybridized carbons (Fsp3) is 0.667. The van der Waals surface area contributed by atoms with Crippen LogP contribution in [-0.4, -0.2) is 30.3 Å². The van der Waals surface area contributed by atoms with E-state index < -0.39 is 0 Å². The van der Waals surface area contributed by atoms with Gasteiger partial charge in [0.15, 0.2) is 0 Å². The van der Waals surface area contributed by atoms with Gasteiger partial charge in [-0.3, -0.25) is 4.98 Å². The molecule has 1 N–H and O–H groups in total. The van der Waals surface area contributed by atoms with Crippen LogP contribution in [0.5, 0.6) is 5.75 Å². The Labute approximate surface area is 115 Å². The van der Waals surface area contributed by atoms with E-state index in [1.165, 1.54) is 12.8 Å². The lowest BCUT2D eigenvalue weighted by molar-refractivity contribution is -0.0111. The second-order valence-electron chi connectivity index (χ2n) is 5.32. The van der Waals surface area contributed by atoms with E-state index in [4.69, 9.17) is 9.47 Å². The molecular formula is C15H24N2O2. The molecule has 0 aliphatic carbocycles. The van der Waals surface area contributed by atoms with Crippen LogP contribution in [-0.2, 0) is 11.3 Å². The van der Waals surface area contributed by atoms with E-state index in [0.29, 0.717) is 12.6 Å². The third-order valence-corrected chi connectivity index (χ3v) is 3.20. The predicted octanol–water partition coefficient (Wildman–Crippen LogP) is 2.53. The first-order valence-corrected chi connectivity index (χ1v) is 7.17. The SMILES string of the molecule is CC(C)NCc1ccc(OCC2CCCCO2)cn1. The van der Waals surface area contributed by atoms with E-state index in [1.54, 1.807) is 6.20 Å². The van der Waals surface area contributed by atoms with Crippen LogP contribution in [0.2, 0.25) is 0 Å². The lowest BCUT2D eigenvalue weighted by atomic mass is 10.1. The number of ether oxygens (including phenoxy) is 2. The maximum Gasteiger partial charge on any atom is 0.137 e. The first-order valence-electron chi connectivity index (χ1n) is 7.17. The van der Waals surface area contributed by atoms with Crippen molar-refractivity contribution in [1.29, 1.82) is 0 Å². The molecule has 2 rings (SSSR count). The van der Waals surface area contributed by atoms with Crippen LogP contribution in [0.25, 0.3) is 0 Å². The molecule has 1 unspecified atom stereocenters. The fourth-order valence-corrected chi connectivity index (χ4v) is 2.04. The Morgan fingerprint density at radius 1 is 1.42 bits per heavy atom. The lowest BCUT2D eigenvalue weighted by Crippen LogP contribution is -2.25. The maximum absolute atomic E-state index is 5.72. The zero-order chi connectivity index (χ0) is 13.5. The second kappa shape index (κ2) is 7.46. The number of hydrogen-bond donors (Lipinski definition) is 1. The average Bonchev–Trinajstić information content (AvgIpc) is 2.45. The molecule has 0 saturated carbocycles. The highest BCUT2D eigenvalue weighted by Gasteiger charge is 2.14. The van der Waals surface area contributed by atoms with Gasteiger partial charge in [0.2, 0.25) is 0 Å². The van der Waals surface area contributed by atoms with Crippen molar-refractivity contribution < 1.29 is 9.47 Å². The topological polar surface area (TPSA) is 43.4 Å². The molecule has 1 saturated heterocycles. The quantitative estimate of drug-likeness (QED) is 0.857. The van der Waals surface area contributed by atoms with Gasteiger partial charge in [-0.2, -0.15) is 0 Å². The van der Waals surface area contributed by atoms with Gasteiger partial charge in [-0.05, 0) is 31.4 Å². The summed E-state index contributed by atoms with van der Waals surface area (Å²) in [6.45, 7) is 6.55. The van der Waals surface area contributed by atoms with E-state index in [2.05, 4.69) is 24.1 Å². The van der Waals surface area contributed by atoms with Crippen molar-refractivity contribution in [3.63, 3.8) is 0 Å². The molecule has 0 radical (unpaired) electrons. The molecule has 19 heavy (non-hydrogen) atoms. The number of pyridine rings is 1. The summed E-state index contributed by atoms with van der Waals surface area (Å²) < 4.78 is 11.4. The molecule has 106 valence electrons. The summed E-state index contributed by atoms with van der Waals surface area (Å²) in [5, 5.41) is 3.34. The second-order valence-corrected chi connectivity index (χ2v) is 5.32. The van der Waals surface area contributed by atoms with Crippen LogP contribution in [0, 0.1) is 0 Å². The molecule has 0 spiro atoms. The summed E-state index contributed by atoms with van der Waals surface area (Å²) in [6.07, 6.45) is 5.56. The zero-order valence-electron chi connectivity index (χ0n) is 11.9. The largest absolute Gasteiger partial charge is 0.489 e. The Morgan fingerprint density at radius 2 is 2.32 bits per heavy atom. The smallest absolute Gasteiger partial charge is 0.137 e. The number of aromatic nitrogens is 1. The third kappa shape index (κ3) is 5.17. The van der Waals surface area contributed by atoms with Gasteiger partial charge in [0, 0.05) is 19.2 Å². The minimum atomic E-state index is 0.246. The molecule has 0 amide bonds. The Bertz CT molecular complexity index is 359. The fourth-order valence-electron chi connectivity index (χ4n) is 2.04. The molecule has 1 atom stereocenters. The van der Waals surface area contributed by atoms with Crippen LogP contribution in [0.4, 0.5) is 0 Å².